The van der Waals surface area contributed by atoms with Gasteiger partial charge in [0.15, 0.2) is 0 Å². The Labute approximate surface area is 174 Å². The number of halogens is 1. The largest absolute Gasteiger partial charge is 0.355 e. The van der Waals surface area contributed by atoms with Gasteiger partial charge in [0.2, 0.25) is 0 Å². The topological polar surface area (TPSA) is 12.0 Å². The van der Waals surface area contributed by atoms with E-state index in [1.165, 1.54) is 49.6 Å². The van der Waals surface area contributed by atoms with Gasteiger partial charge in [-0.3, -0.25) is 0 Å². The van der Waals surface area contributed by atoms with Crippen molar-refractivity contribution < 1.29 is 0 Å². The maximum Gasteiger partial charge on any atom is 0.0433 e. The zero-order valence-corrected chi connectivity index (χ0v) is 16.4. The number of benzene rings is 5. The van der Waals surface area contributed by atoms with Crippen LogP contribution in [0.15, 0.2) is 97.1 Å². The molecule has 0 bridgehead atoms. The molecule has 0 unspecified atom stereocenters. The number of anilines is 2. The molecule has 1 heterocycles. The van der Waals surface area contributed by atoms with Crippen molar-refractivity contribution in [3.63, 3.8) is 0 Å². The molecule has 1 nitrogen and oxygen atoms in total. The van der Waals surface area contributed by atoms with Crippen LogP contribution in [-0.4, -0.2) is 0 Å². The number of hydrogen-bond donors (Lipinski definition) is 1. The summed E-state index contributed by atoms with van der Waals surface area (Å²) < 4.78 is 0. The van der Waals surface area contributed by atoms with Gasteiger partial charge in [-0.2, -0.15) is 0 Å². The van der Waals surface area contributed by atoms with Crippen LogP contribution < -0.4 is 5.32 Å². The Morgan fingerprint density at radius 1 is 0.552 bits per heavy atom. The normalized spacial score (nSPS) is 13.1. The number of rotatable bonds is 1. The molecule has 0 saturated carbocycles. The summed E-state index contributed by atoms with van der Waals surface area (Å²) in [5.41, 5.74) is 6.26. The number of hydrogen-bond acceptors (Lipinski definition) is 1. The molecule has 138 valence electrons. The summed E-state index contributed by atoms with van der Waals surface area (Å²) in [6.45, 7) is 0. The highest BCUT2D eigenvalue weighted by Crippen LogP contribution is 2.50. The van der Waals surface area contributed by atoms with Crippen molar-refractivity contribution in [2.45, 2.75) is 5.92 Å². The summed E-state index contributed by atoms with van der Waals surface area (Å²) in [7, 11) is 0. The first kappa shape index (κ1) is 16.6. The van der Waals surface area contributed by atoms with Crippen LogP contribution in [0, 0.1) is 0 Å². The smallest absolute Gasteiger partial charge is 0.0433 e. The number of fused-ring (bicyclic) bond motifs is 6. The molecule has 0 aromatic heterocycles. The molecule has 6 rings (SSSR count). The highest BCUT2D eigenvalue weighted by atomic mass is 35.5. The number of nitrogens with one attached hydrogen (secondary N) is 1. The van der Waals surface area contributed by atoms with Crippen LogP contribution in [0.1, 0.15) is 22.6 Å². The average molecular weight is 392 g/mol. The van der Waals surface area contributed by atoms with Crippen LogP contribution in [0.4, 0.5) is 11.4 Å². The minimum atomic E-state index is 0.135. The summed E-state index contributed by atoms with van der Waals surface area (Å²) >= 11 is 6.23. The van der Waals surface area contributed by atoms with Crippen LogP contribution in [0.25, 0.3) is 21.5 Å². The van der Waals surface area contributed by atoms with Gasteiger partial charge < -0.3 is 5.32 Å². The first-order valence-electron chi connectivity index (χ1n) is 9.85. The third-order valence-corrected chi connectivity index (χ3v) is 6.24. The third-order valence-electron chi connectivity index (χ3n) is 5.99. The van der Waals surface area contributed by atoms with Crippen molar-refractivity contribution in [2.75, 3.05) is 5.32 Å². The summed E-state index contributed by atoms with van der Waals surface area (Å²) in [6.07, 6.45) is 0. The summed E-state index contributed by atoms with van der Waals surface area (Å²) in [4.78, 5) is 0. The van der Waals surface area contributed by atoms with Crippen LogP contribution in [0.2, 0.25) is 5.02 Å². The molecule has 5 aromatic rings. The molecule has 1 N–H and O–H groups in total. The van der Waals surface area contributed by atoms with Crippen molar-refractivity contribution >= 4 is 44.5 Å². The van der Waals surface area contributed by atoms with E-state index >= 15 is 0 Å². The Kier molecular flexibility index (Phi) is 3.65. The van der Waals surface area contributed by atoms with Gasteiger partial charge in [-0.25, -0.2) is 0 Å². The third kappa shape index (κ3) is 2.55. The lowest BCUT2D eigenvalue weighted by Crippen LogP contribution is -2.15. The first-order valence-corrected chi connectivity index (χ1v) is 10.2. The maximum absolute atomic E-state index is 6.23. The lowest BCUT2D eigenvalue weighted by molar-refractivity contribution is 0.988. The second kappa shape index (κ2) is 6.37. The minimum Gasteiger partial charge on any atom is -0.355 e. The van der Waals surface area contributed by atoms with E-state index in [0.29, 0.717) is 0 Å². The summed E-state index contributed by atoms with van der Waals surface area (Å²) in [5, 5.41) is 9.57. The van der Waals surface area contributed by atoms with Gasteiger partial charge in [-0.05, 0) is 62.5 Å². The second-order valence-corrected chi connectivity index (χ2v) is 8.04. The lowest BCUT2D eigenvalue weighted by Gasteiger charge is -2.32. The van der Waals surface area contributed by atoms with Gasteiger partial charge in [0.05, 0.1) is 0 Å². The Balaban J connectivity index is 1.75. The molecular weight excluding hydrogens is 374 g/mol. The molecule has 5 aromatic carbocycles. The SMILES string of the molecule is Clc1ccc(C2c3c(ccc4ccccc34)Nc3ccc4ccccc4c32)cc1. The van der Waals surface area contributed by atoms with Crippen molar-refractivity contribution in [3.05, 3.63) is 119 Å². The standard InChI is InChI=1S/C27H18ClN/c28-20-13-9-19(10-14-20)25-26-21-7-3-1-5-17(21)11-15-23(26)29-24-16-12-18-6-2-4-8-22(18)27(24)25/h1-16,25,29H. The molecule has 29 heavy (non-hydrogen) atoms. The zero-order chi connectivity index (χ0) is 19.4. The van der Waals surface area contributed by atoms with Crippen LogP contribution in [-0.2, 0) is 0 Å². The monoisotopic (exact) mass is 391 g/mol. The fraction of sp³-hybridized carbons (Fsp3) is 0.0370. The highest BCUT2D eigenvalue weighted by Gasteiger charge is 2.30. The van der Waals surface area contributed by atoms with Crippen molar-refractivity contribution in [3.8, 4) is 0 Å². The van der Waals surface area contributed by atoms with Gasteiger partial charge >= 0.3 is 0 Å². The molecule has 0 fully saturated rings. The van der Waals surface area contributed by atoms with Gasteiger partial charge in [-0.1, -0.05) is 84.4 Å². The first-order chi connectivity index (χ1) is 14.3. The Morgan fingerprint density at radius 3 is 1.62 bits per heavy atom. The fourth-order valence-electron chi connectivity index (χ4n) is 4.71. The maximum atomic E-state index is 6.23. The van der Waals surface area contributed by atoms with E-state index in [9.17, 15) is 0 Å². The van der Waals surface area contributed by atoms with E-state index in [1.54, 1.807) is 0 Å². The Bertz CT molecular complexity index is 1300. The molecule has 0 aliphatic carbocycles. The molecule has 0 amide bonds. The molecule has 0 radical (unpaired) electrons. The molecule has 0 spiro atoms. The van der Waals surface area contributed by atoms with Gasteiger partial charge in [0, 0.05) is 22.3 Å². The van der Waals surface area contributed by atoms with Crippen molar-refractivity contribution in [1.29, 1.82) is 0 Å². The molecule has 2 heteroatoms. The molecule has 1 aliphatic rings. The highest BCUT2D eigenvalue weighted by molar-refractivity contribution is 6.30. The van der Waals surface area contributed by atoms with Crippen molar-refractivity contribution in [2.24, 2.45) is 0 Å². The van der Waals surface area contributed by atoms with E-state index < -0.39 is 0 Å². The predicted molar refractivity (Wildman–Crippen MR) is 124 cm³/mol. The van der Waals surface area contributed by atoms with Crippen LogP contribution >= 0.6 is 11.6 Å². The van der Waals surface area contributed by atoms with Gasteiger partial charge in [0.25, 0.3) is 0 Å². The summed E-state index contributed by atoms with van der Waals surface area (Å²) in [6, 6.07) is 34.4. The van der Waals surface area contributed by atoms with E-state index in [2.05, 4.69) is 90.2 Å². The molecular formula is C27H18ClN. The Morgan fingerprint density at radius 2 is 1.07 bits per heavy atom. The molecule has 0 saturated heterocycles. The van der Waals surface area contributed by atoms with Gasteiger partial charge in [-0.15, -0.1) is 0 Å². The van der Waals surface area contributed by atoms with Crippen LogP contribution in [0.3, 0.4) is 0 Å². The Hall–Kier alpha value is -3.29. The summed E-state index contributed by atoms with van der Waals surface area (Å²) in [5.74, 6) is 0.135. The van der Waals surface area contributed by atoms with Crippen LogP contribution in [0.5, 0.6) is 0 Å². The quantitative estimate of drug-likeness (QED) is 0.300. The molecule has 1 aliphatic heterocycles. The minimum absolute atomic E-state index is 0.135. The molecule has 0 atom stereocenters. The van der Waals surface area contributed by atoms with Crippen molar-refractivity contribution in [1.82, 2.24) is 0 Å². The van der Waals surface area contributed by atoms with E-state index in [-0.39, 0.29) is 5.92 Å². The van der Waals surface area contributed by atoms with E-state index in [0.717, 1.165) is 5.02 Å². The van der Waals surface area contributed by atoms with Gasteiger partial charge in [0.1, 0.15) is 0 Å². The zero-order valence-electron chi connectivity index (χ0n) is 15.7. The van der Waals surface area contributed by atoms with E-state index in [1.807, 2.05) is 12.1 Å². The second-order valence-electron chi connectivity index (χ2n) is 7.61. The predicted octanol–water partition coefficient (Wildman–Crippen LogP) is 7.88. The fourth-order valence-corrected chi connectivity index (χ4v) is 4.84. The lowest BCUT2D eigenvalue weighted by atomic mass is 9.77. The average Bonchev–Trinajstić information content (AvgIpc) is 2.78. The van der Waals surface area contributed by atoms with E-state index in [4.69, 9.17) is 11.6 Å².